The molecule has 1 aliphatic carbocycles. The molecule has 0 aliphatic heterocycles. The molecule has 1 saturated carbocycles. The lowest BCUT2D eigenvalue weighted by molar-refractivity contribution is -0.112. The van der Waals surface area contributed by atoms with Gasteiger partial charge in [-0.25, -0.2) is 13.8 Å². The van der Waals surface area contributed by atoms with Gasteiger partial charge in [-0.1, -0.05) is 39.7 Å². The van der Waals surface area contributed by atoms with Crippen molar-refractivity contribution in [3.8, 4) is 11.1 Å². The van der Waals surface area contributed by atoms with Crippen LogP contribution in [0.1, 0.15) is 47.6 Å². The van der Waals surface area contributed by atoms with Crippen molar-refractivity contribution in [2.45, 2.75) is 44.8 Å². The first kappa shape index (κ1) is 33.0. The molecule has 0 spiro atoms. The first-order chi connectivity index (χ1) is 22.6. The number of anilines is 1. The summed E-state index contributed by atoms with van der Waals surface area (Å²) in [6, 6.07) is 11.1. The number of ether oxygens (including phenoxy) is 1. The van der Waals surface area contributed by atoms with Crippen molar-refractivity contribution >= 4 is 61.5 Å². The molecule has 244 valence electrons. The fraction of sp³-hybridized carbons (Fsp3) is 0.286. The molecule has 1 amide bonds. The van der Waals surface area contributed by atoms with E-state index in [4.69, 9.17) is 16.3 Å². The standard InChI is InChI=1S/C35H33BrClF2N5O3/c1-19-41-34-29(43(19)2)18-24(36)31(32(34)37)23-6-5-15-44-27(23)12-13-28(44)35(46)20-16-25(38)33(26(39)17-20)42-30(45)7-4-14-40-21-8-10-22(47-3)11-9-21/h4-7,12-13,15-18,21-22,40H,8-11,14H2,1-3H3,(H,42,45)/b7-4+. The van der Waals surface area contributed by atoms with Crippen LogP contribution < -0.4 is 10.6 Å². The molecule has 0 unspecified atom stereocenters. The Bertz CT molecular complexity index is 2030. The molecule has 3 heterocycles. The van der Waals surface area contributed by atoms with Crippen LogP contribution in [0, 0.1) is 18.6 Å². The molecule has 0 saturated heterocycles. The molecule has 1 aliphatic rings. The Morgan fingerprint density at radius 2 is 1.83 bits per heavy atom. The van der Waals surface area contributed by atoms with Crippen LogP contribution >= 0.6 is 27.5 Å². The fourth-order valence-corrected chi connectivity index (χ4v) is 7.28. The number of hydrogen-bond donors (Lipinski definition) is 2. The molecule has 0 bridgehead atoms. The minimum absolute atomic E-state index is 0.198. The van der Waals surface area contributed by atoms with Gasteiger partial charge in [-0.3, -0.25) is 9.59 Å². The average Bonchev–Trinajstić information content (AvgIpc) is 3.62. The van der Waals surface area contributed by atoms with Gasteiger partial charge in [0, 0.05) is 60.2 Å². The minimum atomic E-state index is -1.06. The fourth-order valence-electron chi connectivity index (χ4n) is 6.19. The minimum Gasteiger partial charge on any atom is -0.381 e. The molecule has 6 rings (SSSR count). The van der Waals surface area contributed by atoms with Gasteiger partial charge in [0.25, 0.3) is 0 Å². The van der Waals surface area contributed by atoms with E-state index in [-0.39, 0.29) is 11.3 Å². The van der Waals surface area contributed by atoms with Crippen LogP contribution in [0.3, 0.4) is 0 Å². The van der Waals surface area contributed by atoms with Crippen LogP contribution in [-0.2, 0) is 16.6 Å². The Kier molecular flexibility index (Phi) is 9.61. The molecule has 2 N–H and O–H groups in total. The normalized spacial score (nSPS) is 16.8. The topological polar surface area (TPSA) is 89.7 Å². The van der Waals surface area contributed by atoms with Crippen molar-refractivity contribution in [2.24, 2.45) is 7.05 Å². The van der Waals surface area contributed by atoms with E-state index < -0.39 is 29.0 Å². The van der Waals surface area contributed by atoms with Gasteiger partial charge in [-0.2, -0.15) is 0 Å². The third-order valence-corrected chi connectivity index (χ3v) is 9.83. The smallest absolute Gasteiger partial charge is 0.248 e. The number of aryl methyl sites for hydroxylation is 2. The summed E-state index contributed by atoms with van der Waals surface area (Å²) in [6.45, 7) is 2.34. The molecule has 12 heteroatoms. The molecule has 0 radical (unpaired) electrons. The van der Waals surface area contributed by atoms with Gasteiger partial charge in [0.05, 0.1) is 27.9 Å². The number of hydrogen-bond acceptors (Lipinski definition) is 5. The lowest BCUT2D eigenvalue weighted by Crippen LogP contribution is -2.35. The zero-order valence-electron chi connectivity index (χ0n) is 26.0. The number of methoxy groups -OCH3 is 1. The van der Waals surface area contributed by atoms with Crippen molar-refractivity contribution in [3.05, 3.63) is 99.0 Å². The van der Waals surface area contributed by atoms with Crippen LogP contribution in [0.25, 0.3) is 27.7 Å². The van der Waals surface area contributed by atoms with Gasteiger partial charge in [0.1, 0.15) is 28.7 Å². The third kappa shape index (κ3) is 6.49. The van der Waals surface area contributed by atoms with Crippen LogP contribution in [0.2, 0.25) is 5.02 Å². The Balaban J connectivity index is 1.19. The van der Waals surface area contributed by atoms with Crippen molar-refractivity contribution < 1.29 is 23.1 Å². The molecule has 5 aromatic rings. The lowest BCUT2D eigenvalue weighted by atomic mass is 9.93. The maximum Gasteiger partial charge on any atom is 0.248 e. The number of rotatable bonds is 9. The summed E-state index contributed by atoms with van der Waals surface area (Å²) in [7, 11) is 3.63. The van der Waals surface area contributed by atoms with Crippen LogP contribution in [-0.4, -0.2) is 51.4 Å². The molecular formula is C35H33BrClF2N5O3. The molecule has 8 nitrogen and oxygen atoms in total. The predicted octanol–water partition coefficient (Wildman–Crippen LogP) is 7.77. The Morgan fingerprint density at radius 3 is 2.53 bits per heavy atom. The summed E-state index contributed by atoms with van der Waals surface area (Å²) in [5, 5.41) is 6.07. The van der Waals surface area contributed by atoms with Gasteiger partial charge in [-0.05, 0) is 69.0 Å². The van der Waals surface area contributed by atoms with E-state index in [9.17, 15) is 9.59 Å². The van der Waals surface area contributed by atoms with Gasteiger partial charge < -0.3 is 24.3 Å². The highest BCUT2D eigenvalue weighted by Crippen LogP contribution is 2.42. The molecule has 47 heavy (non-hydrogen) atoms. The summed E-state index contributed by atoms with van der Waals surface area (Å²) in [5.74, 6) is -2.58. The second kappa shape index (κ2) is 13.7. The summed E-state index contributed by atoms with van der Waals surface area (Å²) < 4.78 is 40.0. The molecule has 3 aromatic heterocycles. The van der Waals surface area contributed by atoms with E-state index in [1.807, 2.05) is 30.7 Å². The molecular weight excluding hydrogens is 692 g/mol. The number of nitrogens with one attached hydrogen (secondary N) is 2. The highest BCUT2D eigenvalue weighted by atomic mass is 79.9. The number of amides is 1. The lowest BCUT2D eigenvalue weighted by Gasteiger charge is -2.27. The van der Waals surface area contributed by atoms with Crippen LogP contribution in [0.4, 0.5) is 14.5 Å². The molecule has 0 atom stereocenters. The second-order valence-corrected chi connectivity index (χ2v) is 12.9. The zero-order valence-corrected chi connectivity index (χ0v) is 28.4. The number of imidazole rings is 1. The van der Waals surface area contributed by atoms with Crippen LogP contribution in [0.15, 0.2) is 65.3 Å². The summed E-state index contributed by atoms with van der Waals surface area (Å²) >= 11 is 10.5. The highest BCUT2D eigenvalue weighted by molar-refractivity contribution is 9.10. The summed E-state index contributed by atoms with van der Waals surface area (Å²) in [6.07, 6.45) is 8.75. The van der Waals surface area contributed by atoms with E-state index in [2.05, 4.69) is 31.5 Å². The maximum absolute atomic E-state index is 15.1. The van der Waals surface area contributed by atoms with Crippen molar-refractivity contribution in [3.63, 3.8) is 0 Å². The summed E-state index contributed by atoms with van der Waals surface area (Å²) in [4.78, 5) is 30.6. The number of halogens is 4. The Hall–Kier alpha value is -3.90. The number of benzene rings is 2. The van der Waals surface area contributed by atoms with Gasteiger partial charge in [-0.15, -0.1) is 0 Å². The van der Waals surface area contributed by atoms with E-state index >= 15 is 8.78 Å². The first-order valence-corrected chi connectivity index (χ1v) is 16.4. The van der Waals surface area contributed by atoms with Gasteiger partial charge in [0.15, 0.2) is 0 Å². The Labute approximate surface area is 283 Å². The highest BCUT2D eigenvalue weighted by Gasteiger charge is 2.23. The van der Waals surface area contributed by atoms with E-state index in [0.717, 1.165) is 59.2 Å². The number of carbonyl (C=O) groups is 2. The molecule has 1 fully saturated rings. The predicted molar refractivity (Wildman–Crippen MR) is 183 cm³/mol. The number of ketones is 1. The number of aromatic nitrogens is 3. The van der Waals surface area contributed by atoms with E-state index in [1.165, 1.54) is 6.08 Å². The van der Waals surface area contributed by atoms with E-state index in [0.29, 0.717) is 40.3 Å². The van der Waals surface area contributed by atoms with Crippen LogP contribution in [0.5, 0.6) is 0 Å². The van der Waals surface area contributed by atoms with Crippen molar-refractivity contribution in [1.29, 1.82) is 0 Å². The van der Waals surface area contributed by atoms with Gasteiger partial charge >= 0.3 is 0 Å². The largest absolute Gasteiger partial charge is 0.381 e. The van der Waals surface area contributed by atoms with Crippen molar-refractivity contribution in [1.82, 2.24) is 19.3 Å². The number of carbonyl (C=O) groups excluding carboxylic acids is 2. The maximum atomic E-state index is 15.1. The number of pyridine rings is 1. The number of nitrogens with zero attached hydrogens (tertiary/aromatic N) is 3. The monoisotopic (exact) mass is 723 g/mol. The quantitative estimate of drug-likeness (QED) is 0.120. The first-order valence-electron chi connectivity index (χ1n) is 15.3. The zero-order chi connectivity index (χ0) is 33.4. The summed E-state index contributed by atoms with van der Waals surface area (Å²) in [5.41, 5.74) is 3.01. The molecule has 2 aromatic carbocycles. The van der Waals surface area contributed by atoms with Crippen molar-refractivity contribution in [2.75, 3.05) is 19.0 Å². The Morgan fingerprint density at radius 1 is 1.11 bits per heavy atom. The second-order valence-electron chi connectivity index (χ2n) is 11.7. The average molecular weight is 725 g/mol. The SMILES string of the molecule is COC1CCC(NC/C=C/C(=O)Nc2c(F)cc(C(=O)c3ccc4c(-c5c(Br)cc6c(nc(C)n6C)c5Cl)cccn34)cc2F)CC1. The number of fused-ring (bicyclic) bond motifs is 2. The van der Waals surface area contributed by atoms with E-state index in [1.54, 1.807) is 42.0 Å². The van der Waals surface area contributed by atoms with Gasteiger partial charge in [0.2, 0.25) is 11.7 Å². The third-order valence-electron chi connectivity index (χ3n) is 8.84.